The van der Waals surface area contributed by atoms with E-state index in [1.807, 2.05) is 0 Å². The van der Waals surface area contributed by atoms with E-state index in [9.17, 15) is 0 Å². The van der Waals surface area contributed by atoms with Gasteiger partial charge in [-0.1, -0.05) is 6.42 Å². The Kier molecular flexibility index (Phi) is 4.26. The van der Waals surface area contributed by atoms with Gasteiger partial charge in [0.05, 0.1) is 0 Å². The average Bonchev–Trinajstić information content (AvgIpc) is 2.82. The first kappa shape index (κ1) is 10.4. The van der Waals surface area contributed by atoms with Crippen LogP contribution in [-0.2, 0) is 0 Å². The molecule has 3 aliphatic rings. The smallest absolute Gasteiger partial charge is 0.00962 e. The van der Waals surface area contributed by atoms with Gasteiger partial charge in [-0.2, -0.15) is 0 Å². The molecule has 0 aromatic carbocycles. The Balaban J connectivity index is 0.000000112. The van der Waals surface area contributed by atoms with Gasteiger partial charge in [0.1, 0.15) is 0 Å². The summed E-state index contributed by atoms with van der Waals surface area (Å²) >= 11 is 0. The van der Waals surface area contributed by atoms with Gasteiger partial charge in [0.15, 0.2) is 0 Å². The summed E-state index contributed by atoms with van der Waals surface area (Å²) in [6, 6.07) is 1.01. The highest BCUT2D eigenvalue weighted by Crippen LogP contribution is 2.26. The molecule has 3 rings (SSSR count). The highest BCUT2D eigenvalue weighted by molar-refractivity contribution is 4.84. The lowest BCUT2D eigenvalue weighted by Gasteiger charge is -2.11. The fraction of sp³-hybridized carbons (Fsp3) is 1.00. The molecule has 0 bridgehead atoms. The maximum absolute atomic E-state index is 3.28. The van der Waals surface area contributed by atoms with Crippen LogP contribution in [0.3, 0.4) is 0 Å². The standard InChI is InChI=1S/C7H13N.C5H11N/c1-3-7-4-2-6-8(7)5-1;1-2-4-6-5-3-1/h7H,1-6H2;6H,1-5H2. The largest absolute Gasteiger partial charge is 0.317 e. The summed E-state index contributed by atoms with van der Waals surface area (Å²) in [5.74, 6) is 0. The number of hydrogen-bond donors (Lipinski definition) is 1. The number of fused-ring (bicyclic) bond motifs is 1. The van der Waals surface area contributed by atoms with Crippen LogP contribution in [-0.4, -0.2) is 37.1 Å². The van der Waals surface area contributed by atoms with Gasteiger partial charge in [0.2, 0.25) is 0 Å². The van der Waals surface area contributed by atoms with Crippen LogP contribution < -0.4 is 5.32 Å². The summed E-state index contributed by atoms with van der Waals surface area (Å²) in [5, 5.41) is 3.28. The van der Waals surface area contributed by atoms with Gasteiger partial charge in [-0.05, 0) is 64.7 Å². The molecule has 3 aliphatic heterocycles. The van der Waals surface area contributed by atoms with Crippen molar-refractivity contribution in [2.45, 2.75) is 51.0 Å². The Labute approximate surface area is 88.1 Å². The maximum Gasteiger partial charge on any atom is 0.00962 e. The van der Waals surface area contributed by atoms with Crippen molar-refractivity contribution in [3.05, 3.63) is 0 Å². The zero-order chi connectivity index (χ0) is 9.64. The predicted octanol–water partition coefficient (Wildman–Crippen LogP) is 2.00. The molecule has 2 nitrogen and oxygen atoms in total. The van der Waals surface area contributed by atoms with Crippen LogP contribution in [0, 0.1) is 0 Å². The Bertz CT molecular complexity index is 123. The molecule has 0 aromatic rings. The minimum Gasteiger partial charge on any atom is -0.317 e. The van der Waals surface area contributed by atoms with Crippen LogP contribution >= 0.6 is 0 Å². The molecule has 0 aliphatic carbocycles. The van der Waals surface area contributed by atoms with Crippen molar-refractivity contribution in [2.24, 2.45) is 0 Å². The lowest BCUT2D eigenvalue weighted by atomic mass is 10.2. The zero-order valence-electron chi connectivity index (χ0n) is 9.30. The SMILES string of the molecule is C1CC2CCCN2C1.C1CCNCC1. The highest BCUT2D eigenvalue weighted by atomic mass is 15.2. The Hall–Kier alpha value is -0.0800. The maximum atomic E-state index is 3.28. The fourth-order valence-corrected chi connectivity index (χ4v) is 2.85. The second kappa shape index (κ2) is 5.72. The van der Waals surface area contributed by atoms with E-state index in [1.54, 1.807) is 0 Å². The van der Waals surface area contributed by atoms with Crippen LogP contribution in [0.1, 0.15) is 44.9 Å². The lowest BCUT2D eigenvalue weighted by molar-refractivity contribution is 0.325. The van der Waals surface area contributed by atoms with Crippen molar-refractivity contribution in [1.82, 2.24) is 10.2 Å². The molecule has 0 aromatic heterocycles. The molecule has 1 N–H and O–H groups in total. The van der Waals surface area contributed by atoms with Gasteiger partial charge >= 0.3 is 0 Å². The van der Waals surface area contributed by atoms with E-state index in [0.717, 1.165) is 6.04 Å². The molecule has 0 unspecified atom stereocenters. The van der Waals surface area contributed by atoms with Crippen molar-refractivity contribution < 1.29 is 0 Å². The van der Waals surface area contributed by atoms with E-state index in [1.165, 1.54) is 71.1 Å². The number of rotatable bonds is 0. The van der Waals surface area contributed by atoms with Gasteiger partial charge in [-0.25, -0.2) is 0 Å². The Morgan fingerprint density at radius 2 is 1.43 bits per heavy atom. The molecule has 82 valence electrons. The molecule has 2 heteroatoms. The lowest BCUT2D eigenvalue weighted by Crippen LogP contribution is -2.21. The normalized spacial score (nSPS) is 28.3. The number of piperidine rings is 1. The Morgan fingerprint density at radius 1 is 0.786 bits per heavy atom. The second-order valence-corrected chi connectivity index (χ2v) is 4.78. The van der Waals surface area contributed by atoms with Crippen molar-refractivity contribution in [3.8, 4) is 0 Å². The van der Waals surface area contributed by atoms with E-state index in [4.69, 9.17) is 0 Å². The molecule has 0 radical (unpaired) electrons. The van der Waals surface area contributed by atoms with Crippen LogP contribution in [0.15, 0.2) is 0 Å². The van der Waals surface area contributed by atoms with Crippen LogP contribution in [0.4, 0.5) is 0 Å². The van der Waals surface area contributed by atoms with Crippen LogP contribution in [0.2, 0.25) is 0 Å². The van der Waals surface area contributed by atoms with Crippen molar-refractivity contribution >= 4 is 0 Å². The van der Waals surface area contributed by atoms with Crippen molar-refractivity contribution in [3.63, 3.8) is 0 Å². The first-order chi connectivity index (χ1) is 6.97. The average molecular weight is 196 g/mol. The van der Waals surface area contributed by atoms with Gasteiger partial charge in [0, 0.05) is 6.04 Å². The van der Waals surface area contributed by atoms with Gasteiger partial charge in [0.25, 0.3) is 0 Å². The van der Waals surface area contributed by atoms with Crippen LogP contribution in [0.5, 0.6) is 0 Å². The Morgan fingerprint density at radius 3 is 1.79 bits per heavy atom. The quantitative estimate of drug-likeness (QED) is 0.637. The summed E-state index contributed by atoms with van der Waals surface area (Å²) in [4.78, 5) is 2.64. The van der Waals surface area contributed by atoms with E-state index in [2.05, 4.69) is 10.2 Å². The number of hydrogen-bond acceptors (Lipinski definition) is 2. The van der Waals surface area contributed by atoms with Gasteiger partial charge in [-0.3, -0.25) is 0 Å². The number of nitrogens with one attached hydrogen (secondary N) is 1. The third kappa shape index (κ3) is 2.96. The third-order valence-electron chi connectivity index (χ3n) is 3.69. The van der Waals surface area contributed by atoms with E-state index in [-0.39, 0.29) is 0 Å². The molecule has 0 saturated carbocycles. The zero-order valence-corrected chi connectivity index (χ0v) is 9.30. The van der Waals surface area contributed by atoms with E-state index in [0.29, 0.717) is 0 Å². The second-order valence-electron chi connectivity index (χ2n) is 4.78. The summed E-state index contributed by atoms with van der Waals surface area (Å²) in [6.45, 7) is 5.29. The summed E-state index contributed by atoms with van der Waals surface area (Å²) < 4.78 is 0. The molecular formula is C12H24N2. The minimum absolute atomic E-state index is 1.01. The molecular weight excluding hydrogens is 172 g/mol. The van der Waals surface area contributed by atoms with Gasteiger partial charge < -0.3 is 10.2 Å². The van der Waals surface area contributed by atoms with Crippen LogP contribution in [0.25, 0.3) is 0 Å². The first-order valence-corrected chi connectivity index (χ1v) is 6.41. The fourth-order valence-electron chi connectivity index (χ4n) is 2.85. The third-order valence-corrected chi connectivity index (χ3v) is 3.69. The molecule has 14 heavy (non-hydrogen) atoms. The van der Waals surface area contributed by atoms with Crippen molar-refractivity contribution in [1.29, 1.82) is 0 Å². The molecule has 0 atom stereocenters. The molecule has 3 saturated heterocycles. The predicted molar refractivity (Wildman–Crippen MR) is 60.5 cm³/mol. The van der Waals surface area contributed by atoms with E-state index >= 15 is 0 Å². The topological polar surface area (TPSA) is 15.3 Å². The summed E-state index contributed by atoms with van der Waals surface area (Å²) in [5.41, 5.74) is 0. The van der Waals surface area contributed by atoms with Crippen molar-refractivity contribution in [2.75, 3.05) is 26.2 Å². The highest BCUT2D eigenvalue weighted by Gasteiger charge is 2.27. The molecule has 0 amide bonds. The van der Waals surface area contributed by atoms with Gasteiger partial charge in [-0.15, -0.1) is 0 Å². The number of nitrogens with zero attached hydrogens (tertiary/aromatic N) is 1. The molecule has 3 heterocycles. The van der Waals surface area contributed by atoms with E-state index < -0.39 is 0 Å². The first-order valence-electron chi connectivity index (χ1n) is 6.41. The summed E-state index contributed by atoms with van der Waals surface area (Å²) in [6.07, 6.45) is 10.1. The molecule has 0 spiro atoms. The molecule has 3 fully saturated rings. The monoisotopic (exact) mass is 196 g/mol. The summed E-state index contributed by atoms with van der Waals surface area (Å²) in [7, 11) is 0. The minimum atomic E-state index is 1.01.